The molecule has 0 saturated heterocycles. The van der Waals surface area contributed by atoms with Crippen molar-refractivity contribution in [2.24, 2.45) is 0 Å². The van der Waals surface area contributed by atoms with Crippen molar-refractivity contribution in [1.29, 1.82) is 0 Å². The summed E-state index contributed by atoms with van der Waals surface area (Å²) in [4.78, 5) is 19.5. The summed E-state index contributed by atoms with van der Waals surface area (Å²) in [7, 11) is 3.20. The van der Waals surface area contributed by atoms with Crippen LogP contribution in [0, 0.1) is 0 Å². The predicted molar refractivity (Wildman–Crippen MR) is 112 cm³/mol. The fourth-order valence-corrected chi connectivity index (χ4v) is 3.68. The van der Waals surface area contributed by atoms with Gasteiger partial charge in [0.05, 0.1) is 14.2 Å². The van der Waals surface area contributed by atoms with Crippen LogP contribution in [0.4, 0.5) is 0 Å². The topological polar surface area (TPSA) is 51.7 Å². The van der Waals surface area contributed by atoms with E-state index >= 15 is 0 Å². The van der Waals surface area contributed by atoms with Gasteiger partial charge in [0.25, 0.3) is 5.91 Å². The van der Waals surface area contributed by atoms with Gasteiger partial charge in [-0.05, 0) is 37.6 Å². The van der Waals surface area contributed by atoms with Crippen LogP contribution in [0.2, 0.25) is 0 Å². The monoisotopic (exact) mass is 396 g/mol. The molecule has 0 saturated carbocycles. The molecule has 2 aromatic carbocycles. The van der Waals surface area contributed by atoms with Gasteiger partial charge in [-0.3, -0.25) is 4.79 Å². The average molecular weight is 397 g/mol. The van der Waals surface area contributed by atoms with Gasteiger partial charge in [-0.25, -0.2) is 4.98 Å². The molecule has 0 spiro atoms. The van der Waals surface area contributed by atoms with E-state index < -0.39 is 0 Å². The number of aromatic nitrogens is 1. The maximum Gasteiger partial charge on any atom is 0.273 e. The molecule has 1 amide bonds. The molecule has 0 atom stereocenters. The highest BCUT2D eigenvalue weighted by Crippen LogP contribution is 2.33. The minimum atomic E-state index is -0.0678. The minimum absolute atomic E-state index is 0.0678. The van der Waals surface area contributed by atoms with Gasteiger partial charge in [0.1, 0.15) is 10.7 Å². The highest BCUT2D eigenvalue weighted by atomic mass is 32.1. The molecule has 5 nitrogen and oxygen atoms in total. The summed E-state index contributed by atoms with van der Waals surface area (Å²) in [6.45, 7) is 4.59. The van der Waals surface area contributed by atoms with Crippen molar-refractivity contribution in [3.05, 3.63) is 65.2 Å². The van der Waals surface area contributed by atoms with E-state index in [0.717, 1.165) is 16.1 Å². The van der Waals surface area contributed by atoms with Crippen molar-refractivity contribution in [1.82, 2.24) is 9.88 Å². The van der Waals surface area contributed by atoms with Gasteiger partial charge >= 0.3 is 0 Å². The first-order chi connectivity index (χ1) is 13.5. The van der Waals surface area contributed by atoms with Crippen LogP contribution in [0.1, 0.15) is 29.9 Å². The van der Waals surface area contributed by atoms with Crippen molar-refractivity contribution in [3.8, 4) is 22.1 Å². The Labute approximate surface area is 169 Å². The molecule has 0 N–H and O–H groups in total. The van der Waals surface area contributed by atoms with Gasteiger partial charge in [0.2, 0.25) is 0 Å². The second-order valence-electron chi connectivity index (χ2n) is 6.62. The minimum Gasteiger partial charge on any atom is -0.493 e. The maximum absolute atomic E-state index is 13.1. The maximum atomic E-state index is 13.1. The lowest BCUT2D eigenvalue weighted by molar-refractivity contribution is 0.0685. The van der Waals surface area contributed by atoms with Gasteiger partial charge in [-0.15, -0.1) is 11.3 Å². The fourth-order valence-electron chi connectivity index (χ4n) is 2.89. The number of carbonyl (C=O) groups is 1. The number of methoxy groups -OCH3 is 2. The molecule has 3 rings (SSSR count). The number of hydrogen-bond acceptors (Lipinski definition) is 5. The molecule has 28 heavy (non-hydrogen) atoms. The average Bonchev–Trinajstić information content (AvgIpc) is 3.21. The smallest absolute Gasteiger partial charge is 0.273 e. The van der Waals surface area contributed by atoms with Crippen LogP contribution in [0.15, 0.2) is 53.9 Å². The zero-order chi connectivity index (χ0) is 20.1. The first kappa shape index (κ1) is 19.9. The summed E-state index contributed by atoms with van der Waals surface area (Å²) >= 11 is 1.44. The van der Waals surface area contributed by atoms with E-state index in [9.17, 15) is 4.79 Å². The molecule has 0 radical (unpaired) electrons. The summed E-state index contributed by atoms with van der Waals surface area (Å²) < 4.78 is 10.6. The highest BCUT2D eigenvalue weighted by Gasteiger charge is 2.22. The second-order valence-corrected chi connectivity index (χ2v) is 7.48. The van der Waals surface area contributed by atoms with Crippen LogP contribution < -0.4 is 9.47 Å². The lowest BCUT2D eigenvalue weighted by Gasteiger charge is -2.26. The van der Waals surface area contributed by atoms with Crippen LogP contribution in [0.3, 0.4) is 0 Å². The third-order valence-corrected chi connectivity index (χ3v) is 5.33. The molecule has 1 aromatic heterocycles. The van der Waals surface area contributed by atoms with E-state index in [1.54, 1.807) is 14.2 Å². The second kappa shape index (κ2) is 8.89. The Hall–Kier alpha value is -2.86. The number of thiazole rings is 1. The van der Waals surface area contributed by atoms with Crippen LogP contribution in [-0.2, 0) is 6.54 Å². The van der Waals surface area contributed by atoms with Crippen molar-refractivity contribution in [3.63, 3.8) is 0 Å². The molecule has 0 bridgehead atoms. The number of hydrogen-bond donors (Lipinski definition) is 0. The molecule has 1 heterocycles. The lowest BCUT2D eigenvalue weighted by Crippen LogP contribution is -2.36. The normalized spacial score (nSPS) is 10.8. The predicted octanol–water partition coefficient (Wildman–Crippen LogP) is 4.88. The van der Waals surface area contributed by atoms with E-state index in [4.69, 9.17) is 9.47 Å². The van der Waals surface area contributed by atoms with Gasteiger partial charge in [-0.2, -0.15) is 0 Å². The van der Waals surface area contributed by atoms with Crippen molar-refractivity contribution >= 4 is 17.2 Å². The van der Waals surface area contributed by atoms with Crippen molar-refractivity contribution < 1.29 is 14.3 Å². The zero-order valence-corrected chi connectivity index (χ0v) is 17.3. The SMILES string of the molecule is COc1ccc(-c2nc(C(=O)N(Cc3ccccc3)C(C)C)cs2)cc1OC. The molecule has 6 heteroatoms. The summed E-state index contributed by atoms with van der Waals surface area (Å²) in [6, 6.07) is 15.7. The number of rotatable bonds is 7. The number of carbonyl (C=O) groups excluding carboxylic acids is 1. The summed E-state index contributed by atoms with van der Waals surface area (Å²) in [6.07, 6.45) is 0. The van der Waals surface area contributed by atoms with Gasteiger partial charge < -0.3 is 14.4 Å². The van der Waals surface area contributed by atoms with Crippen LogP contribution >= 0.6 is 11.3 Å². The van der Waals surface area contributed by atoms with E-state index in [1.807, 2.05) is 72.7 Å². The molecule has 0 fully saturated rings. The first-order valence-corrected chi connectivity index (χ1v) is 9.94. The van der Waals surface area contributed by atoms with Crippen LogP contribution in [-0.4, -0.2) is 36.1 Å². The standard InChI is InChI=1S/C22H24N2O3S/c1-15(2)24(13-16-8-6-5-7-9-16)22(25)18-14-28-21(23-18)17-10-11-19(26-3)20(12-17)27-4/h5-12,14-15H,13H2,1-4H3. The van der Waals surface area contributed by atoms with Crippen molar-refractivity contribution in [2.45, 2.75) is 26.4 Å². The fraction of sp³-hybridized carbons (Fsp3) is 0.273. The molecule has 0 aliphatic carbocycles. The van der Waals surface area contributed by atoms with Crippen LogP contribution in [0.5, 0.6) is 11.5 Å². The number of amides is 1. The van der Waals surface area contributed by atoms with E-state index in [2.05, 4.69) is 4.98 Å². The largest absolute Gasteiger partial charge is 0.493 e. The third-order valence-electron chi connectivity index (χ3n) is 4.43. The quantitative estimate of drug-likeness (QED) is 0.571. The zero-order valence-electron chi connectivity index (χ0n) is 16.5. The Bertz CT molecular complexity index is 938. The molecule has 3 aromatic rings. The number of benzene rings is 2. The molecule has 0 aliphatic rings. The molecule has 146 valence electrons. The van der Waals surface area contributed by atoms with Crippen molar-refractivity contribution in [2.75, 3.05) is 14.2 Å². The Morgan fingerprint density at radius 2 is 1.79 bits per heavy atom. The molecular weight excluding hydrogens is 372 g/mol. The first-order valence-electron chi connectivity index (χ1n) is 9.06. The molecular formula is C22H24N2O3S. The Balaban J connectivity index is 1.84. The molecule has 0 unspecified atom stereocenters. The number of ether oxygens (including phenoxy) is 2. The third kappa shape index (κ3) is 4.34. The van der Waals surface area contributed by atoms with Crippen LogP contribution in [0.25, 0.3) is 10.6 Å². The van der Waals surface area contributed by atoms with Gasteiger partial charge in [0.15, 0.2) is 11.5 Å². The van der Waals surface area contributed by atoms with E-state index in [-0.39, 0.29) is 11.9 Å². The highest BCUT2D eigenvalue weighted by molar-refractivity contribution is 7.13. The van der Waals surface area contributed by atoms with Gasteiger partial charge in [-0.1, -0.05) is 30.3 Å². The summed E-state index contributed by atoms with van der Waals surface area (Å²) in [5.41, 5.74) is 2.44. The number of nitrogens with zero attached hydrogens (tertiary/aromatic N) is 2. The summed E-state index contributed by atoms with van der Waals surface area (Å²) in [5.74, 6) is 1.23. The van der Waals surface area contributed by atoms with E-state index in [0.29, 0.717) is 23.7 Å². The van der Waals surface area contributed by atoms with E-state index in [1.165, 1.54) is 11.3 Å². The van der Waals surface area contributed by atoms with Gasteiger partial charge in [0, 0.05) is 23.5 Å². The Kier molecular flexibility index (Phi) is 6.31. The Morgan fingerprint density at radius 1 is 1.07 bits per heavy atom. The Morgan fingerprint density at radius 3 is 2.43 bits per heavy atom. The lowest BCUT2D eigenvalue weighted by atomic mass is 10.2. The molecule has 0 aliphatic heterocycles. The summed E-state index contributed by atoms with van der Waals surface area (Å²) in [5, 5.41) is 2.59.